The number of nitrogens with one attached hydrogen (secondary N) is 1. The summed E-state index contributed by atoms with van der Waals surface area (Å²) in [5, 5.41) is 3.00. The number of anilines is 1. The van der Waals surface area contributed by atoms with Crippen molar-refractivity contribution in [2.75, 3.05) is 11.9 Å². The second-order valence-corrected chi connectivity index (χ2v) is 5.60. The summed E-state index contributed by atoms with van der Waals surface area (Å²) in [5.41, 5.74) is 3.23. The van der Waals surface area contributed by atoms with Crippen molar-refractivity contribution in [2.24, 2.45) is 5.92 Å². The molecule has 1 N–H and O–H groups in total. The molecule has 2 rings (SSSR count). The average Bonchev–Trinajstić information content (AvgIpc) is 2.86. The highest BCUT2D eigenvalue weighted by Crippen LogP contribution is 2.23. The molecule has 0 aliphatic carbocycles. The smallest absolute Gasteiger partial charge is 0.224 e. The minimum absolute atomic E-state index is 0.0787. The molecule has 3 nitrogen and oxygen atoms in total. The van der Waals surface area contributed by atoms with Crippen LogP contribution in [0.15, 0.2) is 18.2 Å². The Bertz CT molecular complexity index is 450. The van der Waals surface area contributed by atoms with Crippen LogP contribution in [-0.4, -0.2) is 18.6 Å². The molecule has 1 fully saturated rings. The van der Waals surface area contributed by atoms with E-state index in [1.54, 1.807) is 0 Å². The predicted octanol–water partition coefficient (Wildman–Crippen LogP) is 3.45. The van der Waals surface area contributed by atoms with Gasteiger partial charge in [0.15, 0.2) is 0 Å². The predicted molar refractivity (Wildman–Crippen MR) is 77.3 cm³/mol. The summed E-state index contributed by atoms with van der Waals surface area (Å²) in [6, 6.07) is 6.07. The first-order chi connectivity index (χ1) is 9.06. The molecule has 1 aliphatic rings. The molecule has 1 aliphatic heterocycles. The fourth-order valence-corrected chi connectivity index (χ4v) is 2.63. The zero-order valence-corrected chi connectivity index (χ0v) is 12.0. The molecule has 0 bridgehead atoms. The maximum atomic E-state index is 12.1. The van der Waals surface area contributed by atoms with E-state index in [4.69, 9.17) is 4.74 Å². The topological polar surface area (TPSA) is 38.3 Å². The lowest BCUT2D eigenvalue weighted by atomic mass is 9.98. The number of hydrogen-bond acceptors (Lipinski definition) is 2. The van der Waals surface area contributed by atoms with Crippen LogP contribution in [0.3, 0.4) is 0 Å². The number of carbonyl (C=O) groups excluding carboxylic acids is 1. The first-order valence-corrected chi connectivity index (χ1v) is 7.05. The molecule has 0 saturated carbocycles. The van der Waals surface area contributed by atoms with Gasteiger partial charge in [0.25, 0.3) is 0 Å². The maximum absolute atomic E-state index is 12.1. The zero-order chi connectivity index (χ0) is 13.8. The third kappa shape index (κ3) is 3.80. The summed E-state index contributed by atoms with van der Waals surface area (Å²) < 4.78 is 5.63. The number of carbonyl (C=O) groups is 1. The van der Waals surface area contributed by atoms with Gasteiger partial charge in [0.1, 0.15) is 0 Å². The lowest BCUT2D eigenvalue weighted by Gasteiger charge is -2.18. The van der Waals surface area contributed by atoms with Crippen molar-refractivity contribution in [2.45, 2.75) is 46.1 Å². The molecular weight excluding hydrogens is 238 g/mol. The van der Waals surface area contributed by atoms with E-state index < -0.39 is 0 Å². The van der Waals surface area contributed by atoms with E-state index in [0.29, 0.717) is 6.42 Å². The van der Waals surface area contributed by atoms with Crippen LogP contribution in [0, 0.1) is 19.8 Å². The van der Waals surface area contributed by atoms with Gasteiger partial charge in [-0.25, -0.2) is 0 Å². The Hall–Kier alpha value is -1.35. The maximum Gasteiger partial charge on any atom is 0.224 e. The van der Waals surface area contributed by atoms with Crippen LogP contribution in [0.1, 0.15) is 37.3 Å². The molecular formula is C16H23NO2. The lowest BCUT2D eigenvalue weighted by molar-refractivity contribution is -0.117. The van der Waals surface area contributed by atoms with E-state index in [-0.39, 0.29) is 17.9 Å². The number of ether oxygens (including phenoxy) is 1. The van der Waals surface area contributed by atoms with E-state index in [1.165, 1.54) is 5.56 Å². The fourth-order valence-electron chi connectivity index (χ4n) is 2.63. The van der Waals surface area contributed by atoms with Gasteiger partial charge in [0, 0.05) is 18.7 Å². The van der Waals surface area contributed by atoms with Gasteiger partial charge < -0.3 is 10.1 Å². The van der Waals surface area contributed by atoms with Gasteiger partial charge in [-0.1, -0.05) is 24.6 Å². The average molecular weight is 261 g/mol. The molecule has 1 aromatic carbocycles. The molecule has 2 atom stereocenters. The van der Waals surface area contributed by atoms with E-state index in [0.717, 1.165) is 30.7 Å². The Balaban J connectivity index is 1.89. The Kier molecular flexibility index (Phi) is 4.59. The van der Waals surface area contributed by atoms with Gasteiger partial charge in [-0.2, -0.15) is 0 Å². The number of aryl methyl sites for hydroxylation is 2. The zero-order valence-electron chi connectivity index (χ0n) is 12.0. The van der Waals surface area contributed by atoms with E-state index in [1.807, 2.05) is 19.1 Å². The SMILES string of the molecule is Cc1ccc(NC(=O)C[C@H](C)[C@@H]2CCCO2)c(C)c1. The summed E-state index contributed by atoms with van der Waals surface area (Å²) in [7, 11) is 0. The van der Waals surface area contributed by atoms with E-state index in [9.17, 15) is 4.79 Å². The summed E-state index contributed by atoms with van der Waals surface area (Å²) in [6.45, 7) is 7.01. The molecule has 0 radical (unpaired) electrons. The summed E-state index contributed by atoms with van der Waals surface area (Å²) in [4.78, 5) is 12.1. The van der Waals surface area contributed by atoms with E-state index >= 15 is 0 Å². The molecule has 0 aromatic heterocycles. The Morgan fingerprint density at radius 1 is 1.47 bits per heavy atom. The fraction of sp³-hybridized carbons (Fsp3) is 0.562. The van der Waals surface area contributed by atoms with Crippen LogP contribution < -0.4 is 5.32 Å². The Morgan fingerprint density at radius 3 is 2.89 bits per heavy atom. The third-order valence-corrected chi connectivity index (χ3v) is 3.76. The molecule has 1 saturated heterocycles. The second-order valence-electron chi connectivity index (χ2n) is 5.60. The molecule has 1 amide bonds. The normalized spacial score (nSPS) is 20.3. The minimum Gasteiger partial charge on any atom is -0.378 e. The Labute approximate surface area is 115 Å². The van der Waals surface area contributed by atoms with Gasteiger partial charge in [-0.15, -0.1) is 0 Å². The van der Waals surface area contributed by atoms with Gasteiger partial charge >= 0.3 is 0 Å². The van der Waals surface area contributed by atoms with Crippen molar-refractivity contribution >= 4 is 11.6 Å². The number of rotatable bonds is 4. The third-order valence-electron chi connectivity index (χ3n) is 3.76. The molecule has 104 valence electrons. The Morgan fingerprint density at radius 2 is 2.26 bits per heavy atom. The summed E-state index contributed by atoms with van der Waals surface area (Å²) >= 11 is 0. The molecule has 0 spiro atoms. The van der Waals surface area contributed by atoms with Crippen molar-refractivity contribution in [3.8, 4) is 0 Å². The standard InChI is InChI=1S/C16H23NO2/c1-11-6-7-14(12(2)9-11)17-16(18)10-13(3)15-5-4-8-19-15/h6-7,9,13,15H,4-5,8,10H2,1-3H3,(H,17,18)/t13-,15-/m0/s1. The molecule has 1 heterocycles. The van der Waals surface area contributed by atoms with Crippen LogP contribution in [-0.2, 0) is 9.53 Å². The van der Waals surface area contributed by atoms with E-state index in [2.05, 4.69) is 25.2 Å². The largest absolute Gasteiger partial charge is 0.378 e. The van der Waals surface area contributed by atoms with Crippen molar-refractivity contribution in [3.05, 3.63) is 29.3 Å². The van der Waals surface area contributed by atoms with Gasteiger partial charge in [-0.3, -0.25) is 4.79 Å². The molecule has 0 unspecified atom stereocenters. The van der Waals surface area contributed by atoms with Crippen molar-refractivity contribution < 1.29 is 9.53 Å². The molecule has 3 heteroatoms. The van der Waals surface area contributed by atoms with Gasteiger partial charge in [0.05, 0.1) is 6.10 Å². The summed E-state index contributed by atoms with van der Waals surface area (Å²) in [5.74, 6) is 0.364. The molecule has 1 aromatic rings. The van der Waals surface area contributed by atoms with Crippen molar-refractivity contribution in [3.63, 3.8) is 0 Å². The van der Waals surface area contributed by atoms with Gasteiger partial charge in [0.2, 0.25) is 5.91 Å². The molecule has 19 heavy (non-hydrogen) atoms. The van der Waals surface area contributed by atoms with Crippen molar-refractivity contribution in [1.82, 2.24) is 0 Å². The van der Waals surface area contributed by atoms with Crippen LogP contribution in [0.5, 0.6) is 0 Å². The number of amides is 1. The summed E-state index contributed by atoms with van der Waals surface area (Å²) in [6.07, 6.45) is 2.98. The second kappa shape index (κ2) is 6.20. The van der Waals surface area contributed by atoms with Crippen LogP contribution in [0.2, 0.25) is 0 Å². The van der Waals surface area contributed by atoms with Gasteiger partial charge in [-0.05, 0) is 44.2 Å². The van der Waals surface area contributed by atoms with Crippen LogP contribution >= 0.6 is 0 Å². The van der Waals surface area contributed by atoms with Crippen molar-refractivity contribution in [1.29, 1.82) is 0 Å². The number of hydrogen-bond donors (Lipinski definition) is 1. The highest BCUT2D eigenvalue weighted by atomic mass is 16.5. The minimum atomic E-state index is 0.0787. The van der Waals surface area contributed by atoms with Crippen LogP contribution in [0.25, 0.3) is 0 Å². The lowest BCUT2D eigenvalue weighted by Crippen LogP contribution is -2.23. The quantitative estimate of drug-likeness (QED) is 0.901. The first kappa shape index (κ1) is 14.1. The monoisotopic (exact) mass is 261 g/mol. The first-order valence-electron chi connectivity index (χ1n) is 7.05. The van der Waals surface area contributed by atoms with Crippen LogP contribution in [0.4, 0.5) is 5.69 Å². The highest BCUT2D eigenvalue weighted by Gasteiger charge is 2.24. The number of benzene rings is 1. The highest BCUT2D eigenvalue weighted by molar-refractivity contribution is 5.91.